The SMILES string of the molecule is CCCCOc1ccc([C@@H]2/C(=C(\O)c3ccc4c(c3)C[C@@H](C)O4)C(=O)C(=O)N2c2nc3ccc(OCC)cc3s2)cc1OC. The van der Waals surface area contributed by atoms with Crippen LogP contribution in [-0.2, 0) is 16.0 Å². The second kappa shape index (κ2) is 12.2. The molecule has 1 N–H and O–H groups in total. The molecule has 1 saturated heterocycles. The molecule has 0 saturated carbocycles. The molecular weight excluding hydrogens is 580 g/mol. The summed E-state index contributed by atoms with van der Waals surface area (Å²) in [5, 5.41) is 12.0. The van der Waals surface area contributed by atoms with Gasteiger partial charge in [0.15, 0.2) is 16.6 Å². The molecule has 4 aromatic rings. The molecule has 6 rings (SSSR count). The summed E-state index contributed by atoms with van der Waals surface area (Å²) in [4.78, 5) is 33.7. The largest absolute Gasteiger partial charge is 0.507 e. The van der Waals surface area contributed by atoms with Crippen molar-refractivity contribution in [1.29, 1.82) is 0 Å². The number of hydrogen-bond donors (Lipinski definition) is 1. The Balaban J connectivity index is 1.50. The zero-order valence-corrected chi connectivity index (χ0v) is 25.9. The Morgan fingerprint density at radius 1 is 1.07 bits per heavy atom. The Kier molecular flexibility index (Phi) is 8.18. The smallest absolute Gasteiger partial charge is 0.301 e. The first kappa shape index (κ1) is 29.5. The number of rotatable bonds is 10. The predicted molar refractivity (Wildman–Crippen MR) is 169 cm³/mol. The molecule has 0 bridgehead atoms. The van der Waals surface area contributed by atoms with Crippen LogP contribution in [0.15, 0.2) is 60.2 Å². The number of fused-ring (bicyclic) bond motifs is 2. The lowest BCUT2D eigenvalue weighted by Crippen LogP contribution is -2.29. The van der Waals surface area contributed by atoms with Crippen LogP contribution in [0.3, 0.4) is 0 Å². The van der Waals surface area contributed by atoms with Gasteiger partial charge in [-0.15, -0.1) is 0 Å². The van der Waals surface area contributed by atoms with Crippen molar-refractivity contribution in [3.63, 3.8) is 0 Å². The summed E-state index contributed by atoms with van der Waals surface area (Å²) in [5.41, 5.74) is 2.57. The fourth-order valence-corrected chi connectivity index (χ4v) is 6.64. The summed E-state index contributed by atoms with van der Waals surface area (Å²) in [7, 11) is 1.54. The van der Waals surface area contributed by atoms with Gasteiger partial charge in [0.25, 0.3) is 5.78 Å². The Bertz CT molecular complexity index is 1780. The van der Waals surface area contributed by atoms with Gasteiger partial charge in [0.1, 0.15) is 23.4 Å². The summed E-state index contributed by atoms with van der Waals surface area (Å²) < 4.78 is 23.9. The van der Waals surface area contributed by atoms with Crippen LogP contribution in [0.2, 0.25) is 0 Å². The number of benzene rings is 3. The van der Waals surface area contributed by atoms with Gasteiger partial charge in [-0.1, -0.05) is 30.7 Å². The normalized spacial score (nSPS) is 18.9. The van der Waals surface area contributed by atoms with Crippen LogP contribution in [0.4, 0.5) is 5.13 Å². The Morgan fingerprint density at radius 3 is 2.68 bits per heavy atom. The molecule has 0 radical (unpaired) electrons. The molecule has 0 aliphatic carbocycles. The molecule has 1 aromatic heterocycles. The highest BCUT2D eigenvalue weighted by Crippen LogP contribution is 2.46. The average Bonchev–Trinajstić information content (AvgIpc) is 3.69. The molecular formula is C34H34N2O7S. The molecule has 2 aliphatic heterocycles. The van der Waals surface area contributed by atoms with Crippen LogP contribution < -0.4 is 23.8 Å². The van der Waals surface area contributed by atoms with E-state index in [9.17, 15) is 14.7 Å². The number of carbonyl (C=O) groups excluding carboxylic acids is 2. The van der Waals surface area contributed by atoms with Gasteiger partial charge in [0.2, 0.25) is 0 Å². The number of ketones is 1. The second-order valence-corrected chi connectivity index (χ2v) is 11.8. The zero-order valence-electron chi connectivity index (χ0n) is 25.1. The van der Waals surface area contributed by atoms with E-state index in [-0.39, 0.29) is 17.4 Å². The Labute approximate surface area is 259 Å². The van der Waals surface area contributed by atoms with Crippen LogP contribution in [-0.4, -0.2) is 48.2 Å². The average molecular weight is 615 g/mol. The molecule has 2 atom stereocenters. The minimum absolute atomic E-state index is 0.0146. The Hall–Kier alpha value is -4.57. The molecule has 1 fully saturated rings. The number of unbranched alkanes of at least 4 members (excludes halogenated alkanes) is 1. The maximum Gasteiger partial charge on any atom is 0.301 e. The lowest BCUT2D eigenvalue weighted by atomic mass is 9.94. The molecule has 9 nitrogen and oxygen atoms in total. The lowest BCUT2D eigenvalue weighted by molar-refractivity contribution is -0.132. The minimum Gasteiger partial charge on any atom is -0.507 e. The van der Waals surface area contributed by atoms with Gasteiger partial charge in [-0.3, -0.25) is 14.5 Å². The van der Waals surface area contributed by atoms with Crippen molar-refractivity contribution in [1.82, 2.24) is 4.98 Å². The van der Waals surface area contributed by atoms with Gasteiger partial charge in [0, 0.05) is 12.0 Å². The van der Waals surface area contributed by atoms with Crippen LogP contribution in [0.5, 0.6) is 23.0 Å². The number of thiazole rings is 1. The minimum atomic E-state index is -0.969. The quantitative estimate of drug-likeness (QED) is 0.0896. The van der Waals surface area contributed by atoms with Gasteiger partial charge in [-0.2, -0.15) is 0 Å². The van der Waals surface area contributed by atoms with E-state index in [4.69, 9.17) is 23.9 Å². The highest BCUT2D eigenvalue weighted by molar-refractivity contribution is 7.22. The third-order valence-corrected chi connectivity index (χ3v) is 8.76. The third-order valence-electron chi connectivity index (χ3n) is 7.74. The number of Topliss-reactive ketones (excluding diaryl/α,β-unsaturated/α-hetero) is 1. The molecule has 2 aliphatic rings. The molecule has 3 heterocycles. The number of methoxy groups -OCH3 is 1. The number of nitrogens with zero attached hydrogens (tertiary/aromatic N) is 2. The lowest BCUT2D eigenvalue weighted by Gasteiger charge is -2.24. The first-order chi connectivity index (χ1) is 21.3. The summed E-state index contributed by atoms with van der Waals surface area (Å²) in [6.07, 6.45) is 2.57. The van der Waals surface area contributed by atoms with Crippen molar-refractivity contribution in [3.05, 3.63) is 76.9 Å². The van der Waals surface area contributed by atoms with E-state index >= 15 is 0 Å². The Morgan fingerprint density at radius 2 is 1.91 bits per heavy atom. The molecule has 44 heavy (non-hydrogen) atoms. The molecule has 3 aromatic carbocycles. The van der Waals surface area contributed by atoms with E-state index in [2.05, 4.69) is 6.92 Å². The maximum atomic E-state index is 13.8. The van der Waals surface area contributed by atoms with E-state index < -0.39 is 17.7 Å². The van der Waals surface area contributed by atoms with Crippen molar-refractivity contribution >= 4 is 44.1 Å². The van der Waals surface area contributed by atoms with Crippen molar-refractivity contribution < 1.29 is 33.6 Å². The van der Waals surface area contributed by atoms with Gasteiger partial charge in [0.05, 0.1) is 42.2 Å². The van der Waals surface area contributed by atoms with Crippen molar-refractivity contribution in [2.24, 2.45) is 0 Å². The number of amides is 1. The van der Waals surface area contributed by atoms with Crippen LogP contribution >= 0.6 is 11.3 Å². The summed E-state index contributed by atoms with van der Waals surface area (Å²) in [5.74, 6) is 0.606. The standard InChI is InChI=1S/C34H34N2O7S/c1-5-7-14-42-26-13-8-20(17-27(26)40-4)30-29(31(37)21-9-12-25-22(16-21)15-19(3)43-25)32(38)33(39)36(30)34-35-24-11-10-23(41-6-2)18-28(24)44-34/h8-13,16-19,30,37H,5-7,14-15H2,1-4H3/b31-29+/t19-,30-/m1/s1. The molecule has 10 heteroatoms. The summed E-state index contributed by atoms with van der Waals surface area (Å²) >= 11 is 1.28. The van der Waals surface area contributed by atoms with Gasteiger partial charge < -0.3 is 24.1 Å². The summed E-state index contributed by atoms with van der Waals surface area (Å²) in [6.45, 7) is 7.01. The molecule has 228 valence electrons. The van der Waals surface area contributed by atoms with Crippen LogP contribution in [0.1, 0.15) is 56.3 Å². The number of ether oxygens (including phenoxy) is 4. The van der Waals surface area contributed by atoms with E-state index in [0.717, 1.165) is 28.9 Å². The number of aliphatic hydroxyl groups excluding tert-OH is 1. The monoisotopic (exact) mass is 614 g/mol. The second-order valence-electron chi connectivity index (χ2n) is 10.8. The van der Waals surface area contributed by atoms with E-state index in [1.807, 2.05) is 38.1 Å². The topological polar surface area (TPSA) is 107 Å². The molecule has 0 spiro atoms. The van der Waals surface area contributed by atoms with Crippen LogP contribution in [0, 0.1) is 0 Å². The van der Waals surface area contributed by atoms with E-state index in [1.165, 1.54) is 16.2 Å². The molecule has 1 amide bonds. The zero-order chi connectivity index (χ0) is 31.0. The highest BCUT2D eigenvalue weighted by Gasteiger charge is 2.48. The van der Waals surface area contributed by atoms with Crippen LogP contribution in [0.25, 0.3) is 16.0 Å². The fraction of sp³-hybridized carbons (Fsp3) is 0.324. The predicted octanol–water partition coefficient (Wildman–Crippen LogP) is 6.83. The first-order valence-electron chi connectivity index (χ1n) is 14.8. The number of hydrogen-bond acceptors (Lipinski definition) is 9. The van der Waals surface area contributed by atoms with Gasteiger partial charge in [-0.25, -0.2) is 4.98 Å². The third kappa shape index (κ3) is 5.34. The van der Waals surface area contributed by atoms with E-state index in [0.29, 0.717) is 58.7 Å². The fourth-order valence-electron chi connectivity index (χ4n) is 5.62. The first-order valence-corrected chi connectivity index (χ1v) is 15.6. The van der Waals surface area contributed by atoms with Crippen molar-refractivity contribution in [2.45, 2.75) is 52.2 Å². The van der Waals surface area contributed by atoms with Gasteiger partial charge in [-0.05, 0) is 79.9 Å². The number of anilines is 1. The summed E-state index contributed by atoms with van der Waals surface area (Å²) in [6, 6.07) is 15.2. The maximum absolute atomic E-state index is 13.8. The molecule has 0 unspecified atom stereocenters. The highest BCUT2D eigenvalue weighted by atomic mass is 32.1. The van der Waals surface area contributed by atoms with Crippen molar-refractivity contribution in [2.75, 3.05) is 25.2 Å². The van der Waals surface area contributed by atoms with Crippen molar-refractivity contribution in [3.8, 4) is 23.0 Å². The van der Waals surface area contributed by atoms with Gasteiger partial charge >= 0.3 is 5.91 Å². The van der Waals surface area contributed by atoms with E-state index in [1.54, 1.807) is 37.4 Å². The number of aliphatic hydroxyl groups is 1. The number of aromatic nitrogens is 1. The number of carbonyl (C=O) groups is 2.